The Kier molecular flexibility index (Phi) is 6.28. The second kappa shape index (κ2) is 8.63. The first kappa shape index (κ1) is 18.2. The maximum atomic E-state index is 11.5. The van der Waals surface area contributed by atoms with Crippen LogP contribution in [-0.2, 0) is 4.79 Å². The molecule has 6 nitrogen and oxygen atoms in total. The van der Waals surface area contributed by atoms with E-state index in [9.17, 15) is 14.9 Å². The Hall–Kier alpha value is -3.15. The molecule has 0 saturated carbocycles. The number of nitro groups is 1. The van der Waals surface area contributed by atoms with Gasteiger partial charge in [0, 0.05) is 18.6 Å². The number of methoxy groups -OCH3 is 1. The van der Waals surface area contributed by atoms with Crippen molar-refractivity contribution in [2.75, 3.05) is 12.4 Å². The molecule has 25 heavy (non-hydrogen) atoms. The lowest BCUT2D eigenvalue weighted by molar-refractivity contribution is -0.384. The van der Waals surface area contributed by atoms with Crippen molar-refractivity contribution in [3.05, 3.63) is 70.3 Å². The van der Waals surface area contributed by atoms with Crippen LogP contribution in [0.15, 0.2) is 54.6 Å². The van der Waals surface area contributed by atoms with Gasteiger partial charge in [0.2, 0.25) is 0 Å². The number of hydrogen-bond donors (Lipinski definition) is 1. The van der Waals surface area contributed by atoms with Crippen LogP contribution in [0.5, 0.6) is 5.75 Å². The fourth-order valence-corrected chi connectivity index (χ4v) is 2.37. The predicted octanol–water partition coefficient (Wildman–Crippen LogP) is 4.08. The Balaban J connectivity index is 2.16. The average molecular weight is 340 g/mol. The van der Waals surface area contributed by atoms with Crippen LogP contribution >= 0.6 is 0 Å². The first-order valence-corrected chi connectivity index (χ1v) is 7.81. The third kappa shape index (κ3) is 5.46. The molecule has 2 aromatic carbocycles. The van der Waals surface area contributed by atoms with Crippen LogP contribution in [-0.4, -0.2) is 23.9 Å². The Morgan fingerprint density at radius 1 is 1.24 bits per heavy atom. The zero-order chi connectivity index (χ0) is 18.2. The number of ether oxygens (including phenoxy) is 1. The number of carbonyl (C=O) groups excluding carboxylic acids is 1. The van der Waals surface area contributed by atoms with Crippen molar-refractivity contribution in [2.24, 2.45) is 0 Å². The van der Waals surface area contributed by atoms with Gasteiger partial charge in [-0.2, -0.15) is 0 Å². The first-order chi connectivity index (χ1) is 12.0. The topological polar surface area (TPSA) is 81.5 Å². The number of nitrogens with one attached hydrogen (secondary N) is 1. The van der Waals surface area contributed by atoms with Crippen LogP contribution in [0.2, 0.25) is 0 Å². The second-order valence-electron chi connectivity index (χ2n) is 5.57. The third-order valence-corrected chi connectivity index (χ3v) is 3.58. The monoisotopic (exact) mass is 340 g/mol. The Labute approximate surface area is 146 Å². The van der Waals surface area contributed by atoms with Gasteiger partial charge in [-0.1, -0.05) is 24.3 Å². The normalized spacial score (nSPS) is 11.9. The molecule has 2 aromatic rings. The number of nitrogens with zero attached hydrogens (tertiary/aromatic N) is 1. The van der Waals surface area contributed by atoms with Crippen molar-refractivity contribution < 1.29 is 14.5 Å². The SMILES string of the molecule is COc1ccccc1N[C@@H](/C=C/c1ccc([N+](=O)[O-])cc1)CC(C)=O. The quantitative estimate of drug-likeness (QED) is 0.578. The van der Waals surface area contributed by atoms with Gasteiger partial charge in [0.15, 0.2) is 0 Å². The maximum Gasteiger partial charge on any atom is 0.269 e. The summed E-state index contributed by atoms with van der Waals surface area (Å²) in [5, 5.41) is 14.0. The molecule has 1 atom stereocenters. The smallest absolute Gasteiger partial charge is 0.269 e. The summed E-state index contributed by atoms with van der Waals surface area (Å²) in [7, 11) is 1.59. The third-order valence-electron chi connectivity index (χ3n) is 3.58. The number of benzene rings is 2. The molecule has 2 rings (SSSR count). The fourth-order valence-electron chi connectivity index (χ4n) is 2.37. The first-order valence-electron chi connectivity index (χ1n) is 7.81. The largest absolute Gasteiger partial charge is 0.495 e. The van der Waals surface area contributed by atoms with Gasteiger partial charge >= 0.3 is 0 Å². The van der Waals surface area contributed by atoms with Crippen molar-refractivity contribution in [2.45, 2.75) is 19.4 Å². The van der Waals surface area contributed by atoms with E-state index in [0.29, 0.717) is 12.2 Å². The molecule has 0 fully saturated rings. The minimum atomic E-state index is -0.435. The summed E-state index contributed by atoms with van der Waals surface area (Å²) in [6.07, 6.45) is 4.02. The fraction of sp³-hybridized carbons (Fsp3) is 0.211. The number of rotatable bonds is 8. The van der Waals surface area contributed by atoms with Gasteiger partial charge in [-0.05, 0) is 36.8 Å². The lowest BCUT2D eigenvalue weighted by atomic mass is 10.1. The van der Waals surface area contributed by atoms with Crippen molar-refractivity contribution in [3.8, 4) is 5.75 Å². The van der Waals surface area contributed by atoms with Crippen LogP contribution in [0.4, 0.5) is 11.4 Å². The van der Waals surface area contributed by atoms with Gasteiger partial charge in [-0.3, -0.25) is 14.9 Å². The molecule has 0 heterocycles. The van der Waals surface area contributed by atoms with E-state index < -0.39 is 4.92 Å². The molecule has 0 saturated heterocycles. The van der Waals surface area contributed by atoms with Crippen LogP contribution in [0, 0.1) is 10.1 Å². The Morgan fingerprint density at radius 2 is 1.92 bits per heavy atom. The van der Waals surface area contributed by atoms with Gasteiger partial charge in [-0.15, -0.1) is 0 Å². The number of hydrogen-bond acceptors (Lipinski definition) is 5. The summed E-state index contributed by atoms with van der Waals surface area (Å²) in [5.41, 5.74) is 1.66. The molecule has 0 amide bonds. The van der Waals surface area contributed by atoms with E-state index in [1.54, 1.807) is 19.2 Å². The average Bonchev–Trinajstić information content (AvgIpc) is 2.60. The Morgan fingerprint density at radius 3 is 2.52 bits per heavy atom. The van der Waals surface area contributed by atoms with Gasteiger partial charge < -0.3 is 10.1 Å². The number of anilines is 1. The standard InChI is InChI=1S/C19H20N2O4/c1-14(22)13-16(20-18-5-3-4-6-19(18)25-2)10-7-15-8-11-17(12-9-15)21(23)24/h3-12,16,20H,13H2,1-2H3/b10-7+/t16-/m0/s1. The van der Waals surface area contributed by atoms with Crippen molar-refractivity contribution in [1.29, 1.82) is 0 Å². The summed E-state index contributed by atoms with van der Waals surface area (Å²) in [4.78, 5) is 21.8. The Bertz CT molecular complexity index is 769. The van der Waals surface area contributed by atoms with Crippen LogP contribution in [0.3, 0.4) is 0 Å². The van der Waals surface area contributed by atoms with Crippen LogP contribution in [0.1, 0.15) is 18.9 Å². The molecular weight excluding hydrogens is 320 g/mol. The van der Waals surface area contributed by atoms with Gasteiger partial charge in [0.25, 0.3) is 5.69 Å². The minimum absolute atomic E-state index is 0.0459. The zero-order valence-corrected chi connectivity index (χ0v) is 14.1. The van der Waals surface area contributed by atoms with Gasteiger partial charge in [-0.25, -0.2) is 0 Å². The molecule has 130 valence electrons. The summed E-state index contributed by atoms with van der Waals surface area (Å²) in [5.74, 6) is 0.750. The van der Waals surface area contributed by atoms with E-state index >= 15 is 0 Å². The summed E-state index contributed by atoms with van der Waals surface area (Å²) >= 11 is 0. The molecule has 0 aromatic heterocycles. The second-order valence-corrected chi connectivity index (χ2v) is 5.57. The maximum absolute atomic E-state index is 11.5. The van der Waals surface area contributed by atoms with E-state index in [2.05, 4.69) is 5.32 Å². The molecule has 0 aliphatic rings. The number of non-ortho nitro benzene ring substituents is 1. The highest BCUT2D eigenvalue weighted by Crippen LogP contribution is 2.25. The molecular formula is C19H20N2O4. The molecule has 6 heteroatoms. The van der Waals surface area contributed by atoms with E-state index in [0.717, 1.165) is 11.3 Å². The van der Waals surface area contributed by atoms with Crippen LogP contribution in [0.25, 0.3) is 6.08 Å². The minimum Gasteiger partial charge on any atom is -0.495 e. The molecule has 0 aliphatic carbocycles. The van der Waals surface area contributed by atoms with E-state index in [4.69, 9.17) is 4.74 Å². The lowest BCUT2D eigenvalue weighted by Crippen LogP contribution is -2.20. The van der Waals surface area contributed by atoms with Crippen molar-refractivity contribution in [3.63, 3.8) is 0 Å². The van der Waals surface area contributed by atoms with Crippen molar-refractivity contribution >= 4 is 23.2 Å². The van der Waals surface area contributed by atoms with E-state index in [1.807, 2.05) is 36.4 Å². The highest BCUT2D eigenvalue weighted by atomic mass is 16.6. The highest BCUT2D eigenvalue weighted by molar-refractivity contribution is 5.77. The number of Topliss-reactive ketones (excluding diaryl/α,β-unsaturated/α-hetero) is 1. The molecule has 0 spiro atoms. The lowest BCUT2D eigenvalue weighted by Gasteiger charge is -2.17. The predicted molar refractivity (Wildman–Crippen MR) is 97.8 cm³/mol. The van der Waals surface area contributed by atoms with Crippen molar-refractivity contribution in [1.82, 2.24) is 0 Å². The van der Waals surface area contributed by atoms with Gasteiger partial charge in [0.05, 0.1) is 23.8 Å². The molecule has 0 bridgehead atoms. The molecule has 0 aliphatic heterocycles. The molecule has 0 radical (unpaired) electrons. The number of para-hydroxylation sites is 2. The van der Waals surface area contributed by atoms with Crippen LogP contribution < -0.4 is 10.1 Å². The zero-order valence-electron chi connectivity index (χ0n) is 14.1. The van der Waals surface area contributed by atoms with E-state index in [1.165, 1.54) is 19.1 Å². The summed E-state index contributed by atoms with van der Waals surface area (Å²) in [6, 6.07) is 13.5. The number of carbonyl (C=O) groups is 1. The summed E-state index contributed by atoms with van der Waals surface area (Å²) < 4.78 is 5.31. The molecule has 1 N–H and O–H groups in total. The summed E-state index contributed by atoms with van der Waals surface area (Å²) in [6.45, 7) is 1.54. The van der Waals surface area contributed by atoms with E-state index in [-0.39, 0.29) is 17.5 Å². The number of nitro benzene ring substituents is 1. The highest BCUT2D eigenvalue weighted by Gasteiger charge is 2.11. The molecule has 0 unspecified atom stereocenters. The number of ketones is 1. The van der Waals surface area contributed by atoms with Gasteiger partial charge in [0.1, 0.15) is 11.5 Å².